The molecule has 7 heteroatoms. The number of rotatable bonds is 5. The Labute approximate surface area is 132 Å². The van der Waals surface area contributed by atoms with Crippen LogP contribution in [0, 0.1) is 0 Å². The summed E-state index contributed by atoms with van der Waals surface area (Å²) in [6.45, 7) is 0.0458. The molecule has 1 amide bonds. The van der Waals surface area contributed by atoms with E-state index in [9.17, 15) is 9.90 Å². The summed E-state index contributed by atoms with van der Waals surface area (Å²) in [6.07, 6.45) is 0.792. The van der Waals surface area contributed by atoms with Gasteiger partial charge in [-0.25, -0.2) is 0 Å². The molecule has 2 N–H and O–H groups in total. The molecule has 0 aliphatic rings. The lowest BCUT2D eigenvalue weighted by molar-refractivity contribution is 0.0873. The maximum absolute atomic E-state index is 12.0. The van der Waals surface area contributed by atoms with Gasteiger partial charge in [0.1, 0.15) is 5.69 Å². The summed E-state index contributed by atoms with van der Waals surface area (Å²) >= 11 is 0. The van der Waals surface area contributed by atoms with Crippen molar-refractivity contribution in [3.8, 4) is 11.5 Å². The zero-order valence-electron chi connectivity index (χ0n) is 12.1. The van der Waals surface area contributed by atoms with Gasteiger partial charge in [0.15, 0.2) is 0 Å². The molecule has 2 heterocycles. The van der Waals surface area contributed by atoms with E-state index in [1.54, 1.807) is 36.5 Å². The molecule has 1 unspecified atom stereocenters. The minimum Gasteiger partial charge on any atom is -0.387 e. The van der Waals surface area contributed by atoms with Crippen molar-refractivity contribution in [2.75, 3.05) is 6.54 Å². The Hall–Kier alpha value is -3.06. The fourth-order valence-electron chi connectivity index (χ4n) is 1.97. The predicted octanol–water partition coefficient (Wildman–Crippen LogP) is 1.59. The third-order valence-corrected chi connectivity index (χ3v) is 3.15. The molecule has 0 saturated heterocycles. The molecule has 0 bridgehead atoms. The molecule has 116 valence electrons. The van der Waals surface area contributed by atoms with Crippen LogP contribution in [0.2, 0.25) is 0 Å². The highest BCUT2D eigenvalue weighted by molar-refractivity contribution is 5.89. The first kappa shape index (κ1) is 14.9. The summed E-state index contributed by atoms with van der Waals surface area (Å²) in [5, 5.41) is 16.3. The van der Waals surface area contributed by atoms with Crippen LogP contribution in [0.25, 0.3) is 11.5 Å². The van der Waals surface area contributed by atoms with Gasteiger partial charge in [0.2, 0.25) is 5.82 Å². The van der Waals surface area contributed by atoms with Gasteiger partial charge < -0.3 is 14.9 Å². The Bertz CT molecular complexity index is 774. The first-order chi connectivity index (χ1) is 11.2. The lowest BCUT2D eigenvalue weighted by Crippen LogP contribution is -2.28. The number of pyridine rings is 1. The highest BCUT2D eigenvalue weighted by atomic mass is 16.5. The van der Waals surface area contributed by atoms with Gasteiger partial charge in [0.25, 0.3) is 0 Å². The fraction of sp³-hybridized carbons (Fsp3) is 0.125. The maximum atomic E-state index is 12.0. The van der Waals surface area contributed by atoms with E-state index in [4.69, 9.17) is 4.52 Å². The van der Waals surface area contributed by atoms with Gasteiger partial charge in [-0.05, 0) is 17.7 Å². The number of aliphatic hydroxyl groups is 1. The molecule has 3 aromatic rings. The third kappa shape index (κ3) is 3.58. The molecule has 0 radical (unpaired) electrons. The number of aromatic nitrogens is 3. The van der Waals surface area contributed by atoms with E-state index in [1.165, 1.54) is 0 Å². The lowest BCUT2D eigenvalue weighted by atomic mass is 10.1. The Morgan fingerprint density at radius 2 is 1.96 bits per heavy atom. The van der Waals surface area contributed by atoms with Crippen molar-refractivity contribution in [1.29, 1.82) is 0 Å². The Kier molecular flexibility index (Phi) is 4.39. The van der Waals surface area contributed by atoms with Crippen LogP contribution in [0.15, 0.2) is 59.3 Å². The highest BCUT2D eigenvalue weighted by Crippen LogP contribution is 2.13. The van der Waals surface area contributed by atoms with Crippen LogP contribution in [-0.2, 0) is 0 Å². The van der Waals surface area contributed by atoms with Gasteiger partial charge in [-0.1, -0.05) is 41.6 Å². The number of nitrogens with zero attached hydrogens (tertiary/aromatic N) is 3. The quantitative estimate of drug-likeness (QED) is 0.742. The van der Waals surface area contributed by atoms with E-state index in [2.05, 4.69) is 20.4 Å². The van der Waals surface area contributed by atoms with E-state index in [-0.39, 0.29) is 18.3 Å². The zero-order chi connectivity index (χ0) is 16.1. The molecule has 1 atom stereocenters. The number of aliphatic hydroxyl groups excluding tert-OH is 1. The van der Waals surface area contributed by atoms with Crippen LogP contribution >= 0.6 is 0 Å². The van der Waals surface area contributed by atoms with Gasteiger partial charge in [0, 0.05) is 12.7 Å². The van der Waals surface area contributed by atoms with E-state index < -0.39 is 12.0 Å². The van der Waals surface area contributed by atoms with Crippen molar-refractivity contribution in [3.63, 3.8) is 0 Å². The average molecular weight is 310 g/mol. The first-order valence-electron chi connectivity index (χ1n) is 7.00. The summed E-state index contributed by atoms with van der Waals surface area (Å²) in [6, 6.07) is 14.3. The Morgan fingerprint density at radius 3 is 2.70 bits per heavy atom. The number of amides is 1. The summed E-state index contributed by atoms with van der Waals surface area (Å²) in [5.74, 6) is -0.486. The minimum atomic E-state index is -0.807. The van der Waals surface area contributed by atoms with Crippen molar-refractivity contribution in [3.05, 3.63) is 66.2 Å². The molecular weight excluding hydrogens is 296 g/mol. The number of nitrogens with one attached hydrogen (secondary N) is 1. The highest BCUT2D eigenvalue weighted by Gasteiger charge is 2.17. The number of benzene rings is 1. The standard InChI is InChI=1S/C16H14N4O3/c21-13(11-6-2-1-3-7-11)10-18-15(22)16-19-14(20-23-16)12-8-4-5-9-17-12/h1-9,13,21H,10H2,(H,18,22). The number of hydrogen-bond donors (Lipinski definition) is 2. The summed E-state index contributed by atoms with van der Waals surface area (Å²) in [7, 11) is 0. The van der Waals surface area contributed by atoms with Gasteiger partial charge in [-0.3, -0.25) is 9.78 Å². The fourth-order valence-corrected chi connectivity index (χ4v) is 1.97. The molecule has 0 aliphatic heterocycles. The topological polar surface area (TPSA) is 101 Å². The second kappa shape index (κ2) is 6.80. The number of hydrogen-bond acceptors (Lipinski definition) is 6. The van der Waals surface area contributed by atoms with Crippen LogP contribution in [0.1, 0.15) is 22.4 Å². The molecule has 3 rings (SSSR count). The molecule has 7 nitrogen and oxygen atoms in total. The average Bonchev–Trinajstić information content (AvgIpc) is 3.11. The first-order valence-corrected chi connectivity index (χ1v) is 7.00. The van der Waals surface area contributed by atoms with E-state index in [0.29, 0.717) is 11.3 Å². The predicted molar refractivity (Wildman–Crippen MR) is 81.3 cm³/mol. The van der Waals surface area contributed by atoms with Crippen molar-refractivity contribution in [2.45, 2.75) is 6.10 Å². The molecule has 2 aromatic heterocycles. The molecule has 0 fully saturated rings. The van der Waals surface area contributed by atoms with Crippen molar-refractivity contribution in [2.24, 2.45) is 0 Å². The van der Waals surface area contributed by atoms with Crippen LogP contribution in [-0.4, -0.2) is 32.7 Å². The maximum Gasteiger partial charge on any atom is 0.316 e. The van der Waals surface area contributed by atoms with E-state index in [0.717, 1.165) is 0 Å². The monoisotopic (exact) mass is 310 g/mol. The van der Waals surface area contributed by atoms with Gasteiger partial charge >= 0.3 is 11.8 Å². The van der Waals surface area contributed by atoms with Crippen LogP contribution < -0.4 is 5.32 Å². The lowest BCUT2D eigenvalue weighted by Gasteiger charge is -2.10. The Balaban J connectivity index is 1.62. The number of carbonyl (C=O) groups is 1. The van der Waals surface area contributed by atoms with E-state index in [1.807, 2.05) is 18.2 Å². The van der Waals surface area contributed by atoms with Crippen LogP contribution in [0.5, 0.6) is 0 Å². The summed E-state index contributed by atoms with van der Waals surface area (Å²) < 4.78 is 4.92. The minimum absolute atomic E-state index is 0.0458. The van der Waals surface area contributed by atoms with Gasteiger partial charge in [-0.15, -0.1) is 0 Å². The summed E-state index contributed by atoms with van der Waals surface area (Å²) in [4.78, 5) is 20.1. The van der Waals surface area contributed by atoms with E-state index >= 15 is 0 Å². The molecular formula is C16H14N4O3. The third-order valence-electron chi connectivity index (χ3n) is 3.15. The molecule has 0 saturated carbocycles. The zero-order valence-corrected chi connectivity index (χ0v) is 12.1. The Morgan fingerprint density at radius 1 is 1.17 bits per heavy atom. The largest absolute Gasteiger partial charge is 0.387 e. The number of carbonyl (C=O) groups excluding carboxylic acids is 1. The van der Waals surface area contributed by atoms with Crippen LogP contribution in [0.3, 0.4) is 0 Å². The molecule has 1 aromatic carbocycles. The second-order valence-corrected chi connectivity index (χ2v) is 4.77. The smallest absolute Gasteiger partial charge is 0.316 e. The molecule has 0 spiro atoms. The normalized spacial score (nSPS) is 11.9. The second-order valence-electron chi connectivity index (χ2n) is 4.77. The van der Waals surface area contributed by atoms with Crippen molar-refractivity contribution in [1.82, 2.24) is 20.4 Å². The van der Waals surface area contributed by atoms with Gasteiger partial charge in [-0.2, -0.15) is 4.98 Å². The van der Waals surface area contributed by atoms with Crippen molar-refractivity contribution >= 4 is 5.91 Å². The molecule has 23 heavy (non-hydrogen) atoms. The van der Waals surface area contributed by atoms with Crippen molar-refractivity contribution < 1.29 is 14.4 Å². The summed E-state index contributed by atoms with van der Waals surface area (Å²) in [5.41, 5.74) is 1.23. The van der Waals surface area contributed by atoms with Gasteiger partial charge in [0.05, 0.1) is 6.10 Å². The van der Waals surface area contributed by atoms with Crippen LogP contribution in [0.4, 0.5) is 0 Å². The molecule has 0 aliphatic carbocycles. The SMILES string of the molecule is O=C(NCC(O)c1ccccc1)c1nc(-c2ccccn2)no1.